The summed E-state index contributed by atoms with van der Waals surface area (Å²) in [5, 5.41) is 1.46. The van der Waals surface area contributed by atoms with Crippen LogP contribution >= 0.6 is 11.8 Å². The number of hydrogen-bond donors (Lipinski definition) is 2. The van der Waals surface area contributed by atoms with Crippen molar-refractivity contribution in [3.8, 4) is 11.3 Å². The number of aromatic nitrogens is 2. The van der Waals surface area contributed by atoms with Gasteiger partial charge in [0.1, 0.15) is 12.4 Å². The first-order chi connectivity index (χ1) is 10.7. The maximum Gasteiger partial charge on any atom is 0.405 e. The molecule has 9 heteroatoms. The highest BCUT2D eigenvalue weighted by atomic mass is 32.2. The minimum absolute atomic E-state index is 0.363. The van der Waals surface area contributed by atoms with Gasteiger partial charge in [-0.15, -0.1) is 0 Å². The smallest absolute Gasteiger partial charge is 0.346 e. The Bertz CT molecular complexity index is 669. The molecule has 2 rings (SSSR count). The van der Waals surface area contributed by atoms with Crippen molar-refractivity contribution in [2.24, 2.45) is 0 Å². The summed E-state index contributed by atoms with van der Waals surface area (Å²) in [6.45, 7) is 0.117. The lowest BCUT2D eigenvalue weighted by Gasteiger charge is -2.12. The van der Waals surface area contributed by atoms with E-state index in [1.54, 1.807) is 12.1 Å². The minimum atomic E-state index is -4.44. The number of alkyl halides is 3. The fourth-order valence-corrected chi connectivity index (χ4v) is 2.50. The number of imidazole rings is 1. The Morgan fingerprint density at radius 3 is 2.61 bits per heavy atom. The van der Waals surface area contributed by atoms with E-state index in [0.717, 1.165) is 11.8 Å². The van der Waals surface area contributed by atoms with Gasteiger partial charge in [-0.3, -0.25) is 4.79 Å². The Kier molecular flexibility index (Phi) is 5.30. The number of halogens is 4. The second-order valence-corrected chi connectivity index (χ2v) is 6.03. The predicted molar refractivity (Wildman–Crippen MR) is 78.4 cm³/mol. The molecule has 1 aromatic heterocycles. The predicted octanol–water partition coefficient (Wildman–Crippen LogP) is 3.37. The molecule has 2 aromatic rings. The highest BCUT2D eigenvalue weighted by Gasteiger charge is 2.29. The van der Waals surface area contributed by atoms with Crippen LogP contribution in [0.2, 0.25) is 0 Å². The van der Waals surface area contributed by atoms with Gasteiger partial charge in [0, 0.05) is 0 Å². The summed E-state index contributed by atoms with van der Waals surface area (Å²) in [7, 11) is 0. The summed E-state index contributed by atoms with van der Waals surface area (Å²) in [4.78, 5) is 18.6. The van der Waals surface area contributed by atoms with Crippen molar-refractivity contribution in [3.05, 3.63) is 36.3 Å². The number of carbonyl (C=O) groups excluding carboxylic acids is 1. The van der Waals surface area contributed by atoms with Crippen LogP contribution in [0.5, 0.6) is 0 Å². The molecule has 0 saturated heterocycles. The van der Waals surface area contributed by atoms with E-state index >= 15 is 0 Å². The summed E-state index contributed by atoms with van der Waals surface area (Å²) < 4.78 is 49.0. The Morgan fingerprint density at radius 2 is 2.00 bits per heavy atom. The first-order valence-corrected chi connectivity index (χ1v) is 7.44. The highest BCUT2D eigenvalue weighted by molar-refractivity contribution is 8.00. The van der Waals surface area contributed by atoms with Gasteiger partial charge in [0.15, 0.2) is 5.16 Å². The van der Waals surface area contributed by atoms with E-state index in [0.29, 0.717) is 16.4 Å². The number of rotatable bonds is 5. The van der Waals surface area contributed by atoms with Crippen LogP contribution in [0.1, 0.15) is 6.92 Å². The zero-order valence-electron chi connectivity index (χ0n) is 11.9. The van der Waals surface area contributed by atoms with Gasteiger partial charge < -0.3 is 10.3 Å². The Hall–Kier alpha value is -2.03. The number of nitrogens with one attached hydrogen (secondary N) is 2. The van der Waals surface area contributed by atoms with E-state index in [-0.39, 0.29) is 5.82 Å². The Labute approximate surface area is 133 Å². The van der Waals surface area contributed by atoms with Crippen LogP contribution in [0.15, 0.2) is 35.6 Å². The van der Waals surface area contributed by atoms with E-state index < -0.39 is 23.9 Å². The number of nitrogens with zero attached hydrogens (tertiary/aromatic N) is 1. The van der Waals surface area contributed by atoms with Crippen LogP contribution in [-0.2, 0) is 4.79 Å². The molecule has 124 valence electrons. The molecule has 1 amide bonds. The van der Waals surface area contributed by atoms with E-state index in [4.69, 9.17) is 0 Å². The van der Waals surface area contributed by atoms with Crippen LogP contribution < -0.4 is 5.32 Å². The summed E-state index contributed by atoms with van der Waals surface area (Å²) in [5.41, 5.74) is 1.33. The minimum Gasteiger partial charge on any atom is -0.346 e. The molecule has 23 heavy (non-hydrogen) atoms. The van der Waals surface area contributed by atoms with Crippen molar-refractivity contribution in [1.29, 1.82) is 0 Å². The van der Waals surface area contributed by atoms with Gasteiger partial charge in [-0.05, 0) is 36.8 Å². The van der Waals surface area contributed by atoms with Crippen molar-refractivity contribution in [2.45, 2.75) is 23.5 Å². The van der Waals surface area contributed by atoms with E-state index in [9.17, 15) is 22.4 Å². The normalized spacial score (nSPS) is 12.9. The summed E-state index contributed by atoms with van der Waals surface area (Å²) >= 11 is 1.00. The fraction of sp³-hybridized carbons (Fsp3) is 0.286. The standard InChI is InChI=1S/C14H13F4N3OS/c1-8(12(22)20-7-14(16,17)18)23-13-19-6-11(21-13)9-2-4-10(15)5-3-9/h2-6,8H,7H2,1H3,(H,19,21)(H,20,22). The largest absolute Gasteiger partial charge is 0.405 e. The molecule has 0 aliphatic rings. The van der Waals surface area contributed by atoms with Crippen molar-refractivity contribution >= 4 is 17.7 Å². The molecule has 4 nitrogen and oxygen atoms in total. The van der Waals surface area contributed by atoms with E-state index in [2.05, 4.69) is 9.97 Å². The average Bonchev–Trinajstić information content (AvgIpc) is 2.93. The van der Waals surface area contributed by atoms with Crippen molar-refractivity contribution < 1.29 is 22.4 Å². The molecule has 2 N–H and O–H groups in total. The first-order valence-electron chi connectivity index (χ1n) is 6.56. The van der Waals surface area contributed by atoms with Gasteiger partial charge in [-0.1, -0.05) is 11.8 Å². The monoisotopic (exact) mass is 347 g/mol. The molecular formula is C14H13F4N3OS. The third kappa shape index (κ3) is 5.27. The molecule has 1 atom stereocenters. The molecule has 0 aliphatic heterocycles. The van der Waals surface area contributed by atoms with Gasteiger partial charge >= 0.3 is 6.18 Å². The van der Waals surface area contributed by atoms with E-state index in [1.807, 2.05) is 5.32 Å². The average molecular weight is 347 g/mol. The molecular weight excluding hydrogens is 334 g/mol. The zero-order chi connectivity index (χ0) is 17.0. The van der Waals surface area contributed by atoms with Crippen molar-refractivity contribution in [2.75, 3.05) is 6.54 Å². The van der Waals surface area contributed by atoms with Gasteiger partial charge in [-0.2, -0.15) is 13.2 Å². The number of hydrogen-bond acceptors (Lipinski definition) is 3. The van der Waals surface area contributed by atoms with Gasteiger partial charge in [0.2, 0.25) is 5.91 Å². The zero-order valence-corrected chi connectivity index (χ0v) is 12.8. The molecule has 1 unspecified atom stereocenters. The van der Waals surface area contributed by atoms with Crippen molar-refractivity contribution in [1.82, 2.24) is 15.3 Å². The van der Waals surface area contributed by atoms with E-state index in [1.165, 1.54) is 25.3 Å². The lowest BCUT2D eigenvalue weighted by atomic mass is 10.2. The van der Waals surface area contributed by atoms with Crippen LogP contribution in [0, 0.1) is 5.82 Å². The second kappa shape index (κ2) is 7.03. The lowest BCUT2D eigenvalue weighted by Crippen LogP contribution is -2.38. The molecule has 1 heterocycles. The number of carbonyl (C=O) groups is 1. The summed E-state index contributed by atoms with van der Waals surface area (Å²) in [5.74, 6) is -1.09. The third-order valence-corrected chi connectivity index (χ3v) is 3.83. The van der Waals surface area contributed by atoms with Crippen molar-refractivity contribution in [3.63, 3.8) is 0 Å². The van der Waals surface area contributed by atoms with Gasteiger partial charge in [0.25, 0.3) is 0 Å². The fourth-order valence-electron chi connectivity index (χ4n) is 1.69. The molecule has 1 aromatic carbocycles. The van der Waals surface area contributed by atoms with Crippen LogP contribution in [0.3, 0.4) is 0 Å². The SMILES string of the molecule is CC(Sc1ncc(-c2ccc(F)cc2)[nH]1)C(=O)NCC(F)(F)F. The number of thioether (sulfide) groups is 1. The Morgan fingerprint density at radius 1 is 1.35 bits per heavy atom. The van der Waals surface area contributed by atoms with Crippen LogP contribution in [-0.4, -0.2) is 33.8 Å². The molecule has 0 radical (unpaired) electrons. The van der Waals surface area contributed by atoms with Crippen LogP contribution in [0.4, 0.5) is 17.6 Å². The number of amides is 1. The lowest BCUT2D eigenvalue weighted by molar-refractivity contribution is -0.137. The summed E-state index contributed by atoms with van der Waals surface area (Å²) in [6, 6.07) is 5.74. The number of aromatic amines is 1. The quantitative estimate of drug-likeness (QED) is 0.644. The highest BCUT2D eigenvalue weighted by Crippen LogP contribution is 2.24. The first kappa shape index (κ1) is 17.3. The Balaban J connectivity index is 1.95. The molecule has 0 aliphatic carbocycles. The maximum absolute atomic E-state index is 12.9. The molecule has 0 saturated carbocycles. The molecule has 0 spiro atoms. The maximum atomic E-state index is 12.9. The molecule has 0 bridgehead atoms. The van der Waals surface area contributed by atoms with Crippen LogP contribution in [0.25, 0.3) is 11.3 Å². The topological polar surface area (TPSA) is 57.8 Å². The number of benzene rings is 1. The number of H-pyrrole nitrogens is 1. The molecule has 0 fully saturated rings. The van der Waals surface area contributed by atoms with Gasteiger partial charge in [0.05, 0.1) is 17.1 Å². The van der Waals surface area contributed by atoms with Gasteiger partial charge in [-0.25, -0.2) is 9.37 Å². The second-order valence-electron chi connectivity index (χ2n) is 4.70. The third-order valence-electron chi connectivity index (χ3n) is 2.83. The summed E-state index contributed by atoms with van der Waals surface area (Å²) in [6.07, 6.45) is -2.93.